The first-order chi connectivity index (χ1) is 9.28. The third kappa shape index (κ3) is 4.67. The highest BCUT2D eigenvalue weighted by Crippen LogP contribution is 2.14. The van der Waals surface area contributed by atoms with Crippen LogP contribution in [0.25, 0.3) is 0 Å². The SMILES string of the molecule is CCCCCc1ccc(COC2COC(=O)C2)cc1. The monoisotopic (exact) mass is 262 g/mol. The molecule has 104 valence electrons. The number of ether oxygens (including phenoxy) is 2. The van der Waals surface area contributed by atoms with Gasteiger partial charge in [-0.05, 0) is 24.0 Å². The summed E-state index contributed by atoms with van der Waals surface area (Å²) in [6, 6.07) is 8.56. The number of carbonyl (C=O) groups is 1. The number of rotatable bonds is 7. The minimum atomic E-state index is -0.156. The molecule has 0 aliphatic carbocycles. The van der Waals surface area contributed by atoms with E-state index in [2.05, 4.69) is 31.2 Å². The standard InChI is InChI=1S/C16H22O3/c1-2-3-4-5-13-6-8-14(9-7-13)11-18-15-10-16(17)19-12-15/h6-9,15H,2-5,10-12H2,1H3. The molecule has 1 aliphatic rings. The van der Waals surface area contributed by atoms with Crippen molar-refractivity contribution >= 4 is 5.97 Å². The van der Waals surface area contributed by atoms with Gasteiger partial charge in [-0.25, -0.2) is 0 Å². The van der Waals surface area contributed by atoms with Crippen molar-refractivity contribution in [2.75, 3.05) is 6.61 Å². The Bertz CT molecular complexity index is 397. The second kappa shape index (κ2) is 7.29. The molecule has 0 aromatic heterocycles. The zero-order valence-electron chi connectivity index (χ0n) is 11.6. The van der Waals surface area contributed by atoms with E-state index < -0.39 is 0 Å². The molecule has 0 amide bonds. The summed E-state index contributed by atoms with van der Waals surface area (Å²) in [6.45, 7) is 3.17. The third-order valence-corrected chi connectivity index (χ3v) is 3.40. The lowest BCUT2D eigenvalue weighted by Gasteiger charge is -2.09. The Morgan fingerprint density at radius 1 is 1.21 bits per heavy atom. The maximum absolute atomic E-state index is 10.9. The first-order valence-electron chi connectivity index (χ1n) is 7.13. The molecular formula is C16H22O3. The molecule has 1 saturated heterocycles. The van der Waals surface area contributed by atoms with Crippen molar-refractivity contribution in [3.05, 3.63) is 35.4 Å². The largest absolute Gasteiger partial charge is 0.463 e. The van der Waals surface area contributed by atoms with Gasteiger partial charge in [0.25, 0.3) is 0 Å². The van der Waals surface area contributed by atoms with Crippen molar-refractivity contribution in [1.29, 1.82) is 0 Å². The molecular weight excluding hydrogens is 240 g/mol. The molecule has 1 atom stereocenters. The lowest BCUT2D eigenvalue weighted by atomic mass is 10.1. The van der Waals surface area contributed by atoms with E-state index in [1.807, 2.05) is 0 Å². The highest BCUT2D eigenvalue weighted by atomic mass is 16.6. The van der Waals surface area contributed by atoms with Gasteiger partial charge >= 0.3 is 5.97 Å². The van der Waals surface area contributed by atoms with Crippen molar-refractivity contribution in [3.8, 4) is 0 Å². The van der Waals surface area contributed by atoms with Crippen LogP contribution in [-0.2, 0) is 27.3 Å². The summed E-state index contributed by atoms with van der Waals surface area (Å²) in [5.41, 5.74) is 2.54. The van der Waals surface area contributed by atoms with Crippen LogP contribution >= 0.6 is 0 Å². The van der Waals surface area contributed by atoms with Crippen LogP contribution in [0, 0.1) is 0 Å². The fourth-order valence-corrected chi connectivity index (χ4v) is 2.19. The lowest BCUT2D eigenvalue weighted by Crippen LogP contribution is -2.12. The number of carbonyl (C=O) groups excluding carboxylic acids is 1. The Labute approximate surface area is 114 Å². The van der Waals surface area contributed by atoms with Gasteiger partial charge in [0, 0.05) is 0 Å². The molecule has 1 aromatic rings. The molecule has 2 rings (SSSR count). The van der Waals surface area contributed by atoms with Crippen molar-refractivity contribution in [2.24, 2.45) is 0 Å². The molecule has 1 unspecified atom stereocenters. The molecule has 1 fully saturated rings. The van der Waals surface area contributed by atoms with Gasteiger partial charge in [0.2, 0.25) is 0 Å². The molecule has 1 aromatic carbocycles. The number of esters is 1. The number of hydrogen-bond donors (Lipinski definition) is 0. The van der Waals surface area contributed by atoms with E-state index in [0.29, 0.717) is 19.6 Å². The predicted molar refractivity (Wildman–Crippen MR) is 73.8 cm³/mol. The molecule has 3 heteroatoms. The average Bonchev–Trinajstić information content (AvgIpc) is 2.84. The van der Waals surface area contributed by atoms with Gasteiger partial charge in [-0.15, -0.1) is 0 Å². The number of hydrogen-bond acceptors (Lipinski definition) is 3. The Morgan fingerprint density at radius 3 is 2.58 bits per heavy atom. The molecule has 19 heavy (non-hydrogen) atoms. The van der Waals surface area contributed by atoms with E-state index in [9.17, 15) is 4.79 Å². The van der Waals surface area contributed by atoms with Crippen molar-refractivity contribution in [2.45, 2.75) is 51.7 Å². The van der Waals surface area contributed by atoms with Crippen molar-refractivity contribution in [3.63, 3.8) is 0 Å². The Hall–Kier alpha value is -1.35. The van der Waals surface area contributed by atoms with Crippen LogP contribution in [0.1, 0.15) is 43.7 Å². The van der Waals surface area contributed by atoms with Crippen LogP contribution in [0.3, 0.4) is 0 Å². The van der Waals surface area contributed by atoms with E-state index in [-0.39, 0.29) is 12.1 Å². The summed E-state index contributed by atoms with van der Waals surface area (Å²) in [6.07, 6.45) is 5.27. The first kappa shape index (κ1) is 14.1. The van der Waals surface area contributed by atoms with Gasteiger partial charge in [0.05, 0.1) is 13.0 Å². The number of unbranched alkanes of at least 4 members (excludes halogenated alkanes) is 2. The minimum absolute atomic E-state index is 0.0725. The average molecular weight is 262 g/mol. The van der Waals surface area contributed by atoms with Crippen LogP contribution in [0.5, 0.6) is 0 Å². The predicted octanol–water partition coefficient (Wildman–Crippen LogP) is 3.25. The fraction of sp³-hybridized carbons (Fsp3) is 0.562. The minimum Gasteiger partial charge on any atom is -0.463 e. The molecule has 3 nitrogen and oxygen atoms in total. The summed E-state index contributed by atoms with van der Waals surface area (Å²) < 4.78 is 10.5. The van der Waals surface area contributed by atoms with Crippen LogP contribution in [0.2, 0.25) is 0 Å². The summed E-state index contributed by atoms with van der Waals surface area (Å²) in [5, 5.41) is 0. The highest BCUT2D eigenvalue weighted by molar-refractivity contribution is 5.71. The van der Waals surface area contributed by atoms with Crippen LogP contribution in [-0.4, -0.2) is 18.7 Å². The van der Waals surface area contributed by atoms with E-state index in [1.165, 1.54) is 24.8 Å². The van der Waals surface area contributed by atoms with Gasteiger partial charge in [0.1, 0.15) is 12.7 Å². The number of cyclic esters (lactones) is 1. The smallest absolute Gasteiger partial charge is 0.308 e. The van der Waals surface area contributed by atoms with Gasteiger partial charge in [-0.2, -0.15) is 0 Å². The van der Waals surface area contributed by atoms with Crippen LogP contribution in [0.15, 0.2) is 24.3 Å². The Morgan fingerprint density at radius 2 is 1.95 bits per heavy atom. The summed E-state index contributed by atoms with van der Waals surface area (Å²) in [7, 11) is 0. The summed E-state index contributed by atoms with van der Waals surface area (Å²) in [5.74, 6) is -0.156. The second-order valence-corrected chi connectivity index (χ2v) is 5.09. The van der Waals surface area contributed by atoms with E-state index in [4.69, 9.17) is 9.47 Å². The van der Waals surface area contributed by atoms with E-state index >= 15 is 0 Å². The summed E-state index contributed by atoms with van der Waals surface area (Å²) in [4.78, 5) is 10.9. The van der Waals surface area contributed by atoms with Crippen molar-refractivity contribution in [1.82, 2.24) is 0 Å². The first-order valence-corrected chi connectivity index (χ1v) is 7.13. The molecule has 0 N–H and O–H groups in total. The topological polar surface area (TPSA) is 35.5 Å². The Kier molecular flexibility index (Phi) is 5.40. The molecule has 0 spiro atoms. The maximum atomic E-state index is 10.9. The van der Waals surface area contributed by atoms with Gasteiger partial charge in [0.15, 0.2) is 0 Å². The van der Waals surface area contributed by atoms with Gasteiger partial charge in [-0.1, -0.05) is 44.0 Å². The van der Waals surface area contributed by atoms with E-state index in [1.54, 1.807) is 0 Å². The maximum Gasteiger partial charge on any atom is 0.308 e. The van der Waals surface area contributed by atoms with Crippen LogP contribution < -0.4 is 0 Å². The summed E-state index contributed by atoms with van der Waals surface area (Å²) >= 11 is 0. The zero-order valence-corrected chi connectivity index (χ0v) is 11.6. The molecule has 1 aliphatic heterocycles. The van der Waals surface area contributed by atoms with Crippen LogP contribution in [0.4, 0.5) is 0 Å². The van der Waals surface area contributed by atoms with Gasteiger partial charge < -0.3 is 9.47 Å². The highest BCUT2D eigenvalue weighted by Gasteiger charge is 2.24. The fourth-order valence-electron chi connectivity index (χ4n) is 2.19. The van der Waals surface area contributed by atoms with Gasteiger partial charge in [-0.3, -0.25) is 4.79 Å². The number of benzene rings is 1. The third-order valence-electron chi connectivity index (χ3n) is 3.40. The Balaban J connectivity index is 1.73. The number of aryl methyl sites for hydroxylation is 1. The molecule has 0 bridgehead atoms. The molecule has 0 radical (unpaired) electrons. The van der Waals surface area contributed by atoms with E-state index in [0.717, 1.165) is 12.0 Å². The molecule has 0 saturated carbocycles. The quantitative estimate of drug-likeness (QED) is 0.559. The second-order valence-electron chi connectivity index (χ2n) is 5.09. The zero-order chi connectivity index (χ0) is 13.5. The lowest BCUT2D eigenvalue weighted by molar-refractivity contribution is -0.137. The van der Waals surface area contributed by atoms with Crippen molar-refractivity contribution < 1.29 is 14.3 Å². The normalized spacial score (nSPS) is 18.6. The molecule has 1 heterocycles.